The molecular weight excluding hydrogens is 418 g/mol. The van der Waals surface area contributed by atoms with Gasteiger partial charge >= 0.3 is 0 Å². The second kappa shape index (κ2) is 9.53. The molecule has 0 aliphatic rings. The molecule has 3 rings (SSSR count). The number of aryl methyl sites for hydroxylation is 1. The first-order valence-corrected chi connectivity index (χ1v) is 9.47. The van der Waals surface area contributed by atoms with Gasteiger partial charge in [-0.2, -0.15) is 0 Å². The Bertz CT molecular complexity index is 1070. The molecule has 0 radical (unpaired) electrons. The molecule has 7 nitrogen and oxygen atoms in total. The maximum Gasteiger partial charge on any atom is 0.295 e. The minimum absolute atomic E-state index is 0.143. The standard InChI is InChI=1S/C20H19ClF2N4O3/c1-11-9-13(21)5-7-16(11)30-8-2-3-17(28)26-27-20(29)12-4-6-14-15(10-12)25-19(24-14)18(22)23/h4-7,9-10,18H,2-3,8H2,1H3,(H,24,25)(H,26,28)(H,27,29). The van der Waals surface area contributed by atoms with E-state index >= 15 is 0 Å². The highest BCUT2D eigenvalue weighted by Crippen LogP contribution is 2.22. The van der Waals surface area contributed by atoms with Crippen molar-refractivity contribution in [2.24, 2.45) is 0 Å². The molecular formula is C20H19ClF2N4O3. The first-order chi connectivity index (χ1) is 14.3. The van der Waals surface area contributed by atoms with Gasteiger partial charge in [0.25, 0.3) is 12.3 Å². The largest absolute Gasteiger partial charge is 0.493 e. The molecule has 0 aliphatic carbocycles. The molecule has 3 N–H and O–H groups in total. The molecule has 0 fully saturated rings. The fourth-order valence-electron chi connectivity index (χ4n) is 2.72. The second-order valence-electron chi connectivity index (χ2n) is 6.52. The summed E-state index contributed by atoms with van der Waals surface area (Å²) in [5.74, 6) is -0.738. The van der Waals surface area contributed by atoms with Gasteiger partial charge in [0.05, 0.1) is 17.6 Å². The molecule has 30 heavy (non-hydrogen) atoms. The highest BCUT2D eigenvalue weighted by atomic mass is 35.5. The number of imidazole rings is 1. The number of hydrogen-bond donors (Lipinski definition) is 3. The lowest BCUT2D eigenvalue weighted by Crippen LogP contribution is -2.41. The number of ether oxygens (including phenoxy) is 1. The van der Waals surface area contributed by atoms with Crippen LogP contribution in [-0.4, -0.2) is 28.4 Å². The molecule has 2 aromatic carbocycles. The van der Waals surface area contributed by atoms with Crippen molar-refractivity contribution >= 4 is 34.4 Å². The molecule has 0 saturated carbocycles. The van der Waals surface area contributed by atoms with Gasteiger partial charge in [0.1, 0.15) is 5.75 Å². The molecule has 0 unspecified atom stereocenters. The summed E-state index contributed by atoms with van der Waals surface area (Å²) in [5.41, 5.74) is 6.31. The number of amides is 2. The first kappa shape index (κ1) is 21.5. The summed E-state index contributed by atoms with van der Waals surface area (Å²) in [4.78, 5) is 30.3. The molecule has 0 spiro atoms. The van der Waals surface area contributed by atoms with E-state index in [0.29, 0.717) is 34.8 Å². The van der Waals surface area contributed by atoms with Gasteiger partial charge in [0.2, 0.25) is 5.91 Å². The molecule has 0 atom stereocenters. The number of carbonyl (C=O) groups excluding carboxylic acids is 2. The lowest BCUT2D eigenvalue weighted by Gasteiger charge is -2.10. The van der Waals surface area contributed by atoms with Crippen molar-refractivity contribution < 1.29 is 23.1 Å². The SMILES string of the molecule is Cc1cc(Cl)ccc1OCCCC(=O)NNC(=O)c1ccc2nc(C(F)F)[nH]c2c1. The van der Waals surface area contributed by atoms with Crippen molar-refractivity contribution in [2.45, 2.75) is 26.2 Å². The molecule has 2 amide bonds. The quantitative estimate of drug-likeness (QED) is 0.384. The third-order valence-corrected chi connectivity index (χ3v) is 4.46. The second-order valence-corrected chi connectivity index (χ2v) is 6.96. The molecule has 3 aromatic rings. The van der Waals surface area contributed by atoms with E-state index in [-0.39, 0.29) is 17.9 Å². The lowest BCUT2D eigenvalue weighted by molar-refractivity contribution is -0.122. The van der Waals surface area contributed by atoms with Gasteiger partial charge in [0, 0.05) is 17.0 Å². The Kier molecular flexibility index (Phi) is 6.83. The Morgan fingerprint density at radius 2 is 2.00 bits per heavy atom. The van der Waals surface area contributed by atoms with Crippen LogP contribution in [0.1, 0.15) is 41.0 Å². The number of nitrogens with one attached hydrogen (secondary N) is 3. The summed E-state index contributed by atoms with van der Waals surface area (Å²) in [6.07, 6.45) is -2.15. The number of halogens is 3. The fraction of sp³-hybridized carbons (Fsp3) is 0.250. The number of H-pyrrole nitrogens is 1. The highest BCUT2D eigenvalue weighted by Gasteiger charge is 2.14. The van der Waals surface area contributed by atoms with Gasteiger partial charge in [-0.1, -0.05) is 11.6 Å². The van der Waals surface area contributed by atoms with Crippen LogP contribution < -0.4 is 15.6 Å². The smallest absolute Gasteiger partial charge is 0.295 e. The normalized spacial score (nSPS) is 11.0. The highest BCUT2D eigenvalue weighted by molar-refractivity contribution is 6.30. The Balaban J connectivity index is 1.44. The Labute approximate surface area is 175 Å². The minimum atomic E-state index is -2.73. The lowest BCUT2D eigenvalue weighted by atomic mass is 10.2. The van der Waals surface area contributed by atoms with Crippen LogP contribution in [0.5, 0.6) is 5.75 Å². The Hall–Kier alpha value is -3.20. The number of hydrogen-bond acceptors (Lipinski definition) is 4. The molecule has 0 bridgehead atoms. The summed E-state index contributed by atoms with van der Waals surface area (Å²) in [7, 11) is 0. The summed E-state index contributed by atoms with van der Waals surface area (Å²) >= 11 is 5.89. The van der Waals surface area contributed by atoms with Gasteiger partial charge in [-0.25, -0.2) is 13.8 Å². The number of aromatic amines is 1. The van der Waals surface area contributed by atoms with Crippen molar-refractivity contribution in [3.8, 4) is 5.75 Å². The number of hydrazine groups is 1. The van der Waals surface area contributed by atoms with Crippen LogP contribution >= 0.6 is 11.6 Å². The zero-order valence-electron chi connectivity index (χ0n) is 16.0. The molecule has 158 valence electrons. The number of benzene rings is 2. The van der Waals surface area contributed by atoms with Crippen molar-refractivity contribution in [3.05, 3.63) is 58.4 Å². The molecule has 10 heteroatoms. The fourth-order valence-corrected chi connectivity index (χ4v) is 2.95. The summed E-state index contributed by atoms with van der Waals surface area (Å²) in [6.45, 7) is 2.20. The van der Waals surface area contributed by atoms with Gasteiger partial charge in [-0.15, -0.1) is 0 Å². The van der Waals surface area contributed by atoms with E-state index in [1.165, 1.54) is 18.2 Å². The zero-order valence-corrected chi connectivity index (χ0v) is 16.7. The zero-order chi connectivity index (χ0) is 21.7. The maximum atomic E-state index is 12.7. The van der Waals surface area contributed by atoms with E-state index in [4.69, 9.17) is 16.3 Å². The van der Waals surface area contributed by atoms with E-state index < -0.39 is 18.2 Å². The van der Waals surface area contributed by atoms with Crippen LogP contribution in [0.3, 0.4) is 0 Å². The van der Waals surface area contributed by atoms with Crippen LogP contribution in [0.15, 0.2) is 36.4 Å². The first-order valence-electron chi connectivity index (χ1n) is 9.09. The van der Waals surface area contributed by atoms with Gasteiger partial charge in [-0.3, -0.25) is 20.4 Å². The molecule has 1 heterocycles. The van der Waals surface area contributed by atoms with Crippen LogP contribution in [-0.2, 0) is 4.79 Å². The third kappa shape index (κ3) is 5.44. The monoisotopic (exact) mass is 436 g/mol. The third-order valence-electron chi connectivity index (χ3n) is 4.23. The van der Waals surface area contributed by atoms with Crippen molar-refractivity contribution in [2.75, 3.05) is 6.61 Å². The van der Waals surface area contributed by atoms with E-state index in [0.717, 1.165) is 5.56 Å². The predicted molar refractivity (Wildman–Crippen MR) is 108 cm³/mol. The van der Waals surface area contributed by atoms with Crippen LogP contribution in [0.25, 0.3) is 11.0 Å². The molecule has 0 saturated heterocycles. The number of fused-ring (bicyclic) bond motifs is 1. The summed E-state index contributed by atoms with van der Waals surface area (Å²) in [6, 6.07) is 9.54. The summed E-state index contributed by atoms with van der Waals surface area (Å²) < 4.78 is 31.0. The molecule has 0 aliphatic heterocycles. The Morgan fingerprint density at radius 3 is 2.73 bits per heavy atom. The van der Waals surface area contributed by atoms with Crippen molar-refractivity contribution in [1.29, 1.82) is 0 Å². The number of aromatic nitrogens is 2. The average Bonchev–Trinajstić information content (AvgIpc) is 3.14. The maximum absolute atomic E-state index is 12.7. The van der Waals surface area contributed by atoms with E-state index in [2.05, 4.69) is 20.8 Å². The van der Waals surface area contributed by atoms with E-state index in [9.17, 15) is 18.4 Å². The predicted octanol–water partition coefficient (Wildman–Crippen LogP) is 4.08. The van der Waals surface area contributed by atoms with E-state index in [1.54, 1.807) is 18.2 Å². The number of nitrogens with zero attached hydrogens (tertiary/aromatic N) is 1. The topological polar surface area (TPSA) is 96.1 Å². The van der Waals surface area contributed by atoms with Crippen molar-refractivity contribution in [1.82, 2.24) is 20.8 Å². The van der Waals surface area contributed by atoms with Crippen molar-refractivity contribution in [3.63, 3.8) is 0 Å². The molecule has 1 aromatic heterocycles. The van der Waals surface area contributed by atoms with E-state index in [1.807, 2.05) is 6.92 Å². The summed E-state index contributed by atoms with van der Waals surface area (Å²) in [5, 5.41) is 0.621. The number of alkyl halides is 2. The van der Waals surface area contributed by atoms with Gasteiger partial charge < -0.3 is 9.72 Å². The Morgan fingerprint density at radius 1 is 1.20 bits per heavy atom. The van der Waals surface area contributed by atoms with Gasteiger partial charge in [0.15, 0.2) is 5.82 Å². The van der Waals surface area contributed by atoms with Crippen LogP contribution in [0.2, 0.25) is 5.02 Å². The minimum Gasteiger partial charge on any atom is -0.493 e. The van der Waals surface area contributed by atoms with Crippen LogP contribution in [0.4, 0.5) is 8.78 Å². The number of rotatable bonds is 7. The number of carbonyl (C=O) groups is 2. The van der Waals surface area contributed by atoms with Crippen LogP contribution in [0, 0.1) is 6.92 Å². The van der Waals surface area contributed by atoms with Gasteiger partial charge in [-0.05, 0) is 55.3 Å². The average molecular weight is 437 g/mol.